The van der Waals surface area contributed by atoms with E-state index in [0.717, 1.165) is 18.4 Å². The Morgan fingerprint density at radius 2 is 2.26 bits per heavy atom. The largest absolute Gasteiger partial charge is 0.399 e. The third-order valence-electron chi connectivity index (χ3n) is 3.71. The van der Waals surface area contributed by atoms with Crippen molar-refractivity contribution >= 4 is 26.6 Å². The van der Waals surface area contributed by atoms with Crippen LogP contribution < -0.4 is 10.5 Å². The maximum Gasteiger partial charge on any atom is 0.242 e. The minimum atomic E-state index is -3.46. The van der Waals surface area contributed by atoms with Crippen molar-refractivity contribution in [2.75, 3.05) is 5.73 Å². The number of nitrogens with one attached hydrogen (secondary N) is 2. The van der Waals surface area contributed by atoms with E-state index in [9.17, 15) is 8.42 Å². The van der Waals surface area contributed by atoms with Crippen LogP contribution in [-0.2, 0) is 10.0 Å². The van der Waals surface area contributed by atoms with E-state index in [1.54, 1.807) is 18.2 Å². The van der Waals surface area contributed by atoms with E-state index < -0.39 is 10.0 Å². The molecular weight excluding hydrogens is 262 g/mol. The Balaban J connectivity index is 1.95. The van der Waals surface area contributed by atoms with Crippen LogP contribution in [0.15, 0.2) is 29.3 Å². The predicted molar refractivity (Wildman–Crippen MR) is 75.2 cm³/mol. The van der Waals surface area contributed by atoms with Gasteiger partial charge in [0.25, 0.3) is 0 Å². The van der Waals surface area contributed by atoms with Gasteiger partial charge in [0.15, 0.2) is 0 Å². The van der Waals surface area contributed by atoms with Crippen LogP contribution in [0.5, 0.6) is 0 Å². The van der Waals surface area contributed by atoms with Crippen LogP contribution in [0.4, 0.5) is 5.69 Å². The zero-order valence-corrected chi connectivity index (χ0v) is 11.5. The van der Waals surface area contributed by atoms with Gasteiger partial charge in [-0.15, -0.1) is 0 Å². The highest BCUT2D eigenvalue weighted by molar-refractivity contribution is 7.89. The summed E-state index contributed by atoms with van der Waals surface area (Å²) in [6, 6.07) is 5.27. The van der Waals surface area contributed by atoms with Gasteiger partial charge in [-0.25, -0.2) is 13.1 Å². The fourth-order valence-electron chi connectivity index (χ4n) is 2.45. The zero-order valence-electron chi connectivity index (χ0n) is 10.7. The summed E-state index contributed by atoms with van der Waals surface area (Å²) in [5, 5.41) is 0.676. The lowest BCUT2D eigenvalue weighted by atomic mass is 10.2. The number of anilines is 1. The molecule has 4 N–H and O–H groups in total. The topological polar surface area (TPSA) is 88.0 Å². The molecule has 0 amide bonds. The standard InChI is InChI=1S/C13H17N3O2S/c1-2-8-5-11(8)16-19(17,18)13-7-15-12-6-9(14)3-4-10(12)13/h3-4,6-8,11,15-16H,2,5,14H2,1H3. The fourth-order valence-corrected chi connectivity index (χ4v) is 3.94. The van der Waals surface area contributed by atoms with E-state index in [4.69, 9.17) is 5.73 Å². The van der Waals surface area contributed by atoms with Gasteiger partial charge in [-0.2, -0.15) is 0 Å². The normalized spacial score (nSPS) is 22.8. The molecule has 1 fully saturated rings. The molecule has 3 rings (SSSR count). The van der Waals surface area contributed by atoms with Crippen molar-refractivity contribution in [1.82, 2.24) is 9.71 Å². The van der Waals surface area contributed by atoms with Crippen molar-refractivity contribution in [3.8, 4) is 0 Å². The summed E-state index contributed by atoms with van der Waals surface area (Å²) in [6.07, 6.45) is 3.47. The van der Waals surface area contributed by atoms with Gasteiger partial charge in [0.2, 0.25) is 10.0 Å². The maximum atomic E-state index is 12.3. The third kappa shape index (κ3) is 2.21. The Hall–Kier alpha value is -1.53. The molecule has 0 spiro atoms. The molecule has 1 saturated carbocycles. The van der Waals surface area contributed by atoms with Crippen LogP contribution in [0.25, 0.3) is 10.9 Å². The van der Waals surface area contributed by atoms with Gasteiger partial charge in [0, 0.05) is 28.8 Å². The number of H-pyrrole nitrogens is 1. The van der Waals surface area contributed by atoms with Crippen LogP contribution in [0.1, 0.15) is 19.8 Å². The zero-order chi connectivity index (χ0) is 13.6. The van der Waals surface area contributed by atoms with E-state index in [1.165, 1.54) is 6.20 Å². The Labute approximate surface area is 112 Å². The average Bonchev–Trinajstić information content (AvgIpc) is 2.95. The van der Waals surface area contributed by atoms with Gasteiger partial charge in [-0.05, 0) is 30.5 Å². The van der Waals surface area contributed by atoms with E-state index in [-0.39, 0.29) is 6.04 Å². The maximum absolute atomic E-state index is 12.3. The number of fused-ring (bicyclic) bond motifs is 1. The Morgan fingerprint density at radius 1 is 1.47 bits per heavy atom. The lowest BCUT2D eigenvalue weighted by Gasteiger charge is -2.05. The van der Waals surface area contributed by atoms with Crippen LogP contribution in [0.2, 0.25) is 0 Å². The van der Waals surface area contributed by atoms with Crippen LogP contribution in [0.3, 0.4) is 0 Å². The molecule has 1 heterocycles. The van der Waals surface area contributed by atoms with Crippen LogP contribution >= 0.6 is 0 Å². The Morgan fingerprint density at radius 3 is 2.95 bits per heavy atom. The van der Waals surface area contributed by atoms with Gasteiger partial charge in [-0.1, -0.05) is 13.3 Å². The lowest BCUT2D eigenvalue weighted by molar-refractivity contribution is 0.577. The summed E-state index contributed by atoms with van der Waals surface area (Å²) in [7, 11) is -3.46. The highest BCUT2D eigenvalue weighted by Gasteiger charge is 2.39. The first-order chi connectivity index (χ1) is 9.01. The number of benzene rings is 1. The van der Waals surface area contributed by atoms with Crippen LogP contribution in [0, 0.1) is 5.92 Å². The number of rotatable bonds is 4. The summed E-state index contributed by atoms with van der Waals surface area (Å²) in [6.45, 7) is 2.08. The molecule has 5 nitrogen and oxygen atoms in total. The second-order valence-corrected chi connectivity index (χ2v) is 6.77. The number of sulfonamides is 1. The Bertz CT molecular complexity index is 721. The first-order valence-corrected chi connectivity index (χ1v) is 7.88. The summed E-state index contributed by atoms with van der Waals surface area (Å²) in [5.41, 5.74) is 7.03. The molecule has 0 aliphatic heterocycles. The number of nitrogens with two attached hydrogens (primary N) is 1. The van der Waals surface area contributed by atoms with Crippen molar-refractivity contribution < 1.29 is 8.42 Å². The molecule has 6 heteroatoms. The van der Waals surface area contributed by atoms with E-state index in [0.29, 0.717) is 21.9 Å². The van der Waals surface area contributed by atoms with Gasteiger partial charge in [0.1, 0.15) is 4.90 Å². The molecule has 1 aliphatic rings. The molecule has 0 bridgehead atoms. The van der Waals surface area contributed by atoms with E-state index in [1.807, 2.05) is 0 Å². The van der Waals surface area contributed by atoms with Gasteiger partial charge in [0.05, 0.1) is 0 Å². The van der Waals surface area contributed by atoms with Crippen molar-refractivity contribution in [3.05, 3.63) is 24.4 Å². The minimum absolute atomic E-state index is 0.0914. The summed E-state index contributed by atoms with van der Waals surface area (Å²) in [5.74, 6) is 0.482. The lowest BCUT2D eigenvalue weighted by Crippen LogP contribution is -2.26. The molecule has 1 aromatic carbocycles. The third-order valence-corrected chi connectivity index (χ3v) is 5.24. The van der Waals surface area contributed by atoms with Gasteiger partial charge < -0.3 is 10.7 Å². The second kappa shape index (κ2) is 4.25. The summed E-state index contributed by atoms with van der Waals surface area (Å²) >= 11 is 0. The van der Waals surface area contributed by atoms with E-state index >= 15 is 0 Å². The highest BCUT2D eigenvalue weighted by atomic mass is 32.2. The molecule has 2 unspecified atom stereocenters. The van der Waals surface area contributed by atoms with Crippen molar-refractivity contribution in [2.24, 2.45) is 5.92 Å². The predicted octanol–water partition coefficient (Wildman–Crippen LogP) is 1.83. The quantitative estimate of drug-likeness (QED) is 0.746. The van der Waals surface area contributed by atoms with Gasteiger partial charge in [-0.3, -0.25) is 0 Å². The number of aromatic amines is 1. The SMILES string of the molecule is CCC1CC1NS(=O)(=O)c1c[nH]c2cc(N)ccc12. The molecule has 102 valence electrons. The van der Waals surface area contributed by atoms with Crippen molar-refractivity contribution in [1.29, 1.82) is 0 Å². The summed E-state index contributed by atoms with van der Waals surface area (Å²) < 4.78 is 27.4. The van der Waals surface area contributed by atoms with Crippen molar-refractivity contribution in [3.63, 3.8) is 0 Å². The molecule has 0 radical (unpaired) electrons. The molecule has 1 aliphatic carbocycles. The molecule has 2 atom stereocenters. The fraction of sp³-hybridized carbons (Fsp3) is 0.385. The van der Waals surface area contributed by atoms with Gasteiger partial charge >= 0.3 is 0 Å². The molecule has 1 aromatic heterocycles. The molecule has 19 heavy (non-hydrogen) atoms. The molecule has 2 aromatic rings. The first-order valence-electron chi connectivity index (χ1n) is 6.40. The molecule has 0 saturated heterocycles. The monoisotopic (exact) mass is 279 g/mol. The minimum Gasteiger partial charge on any atom is -0.399 e. The number of nitrogen functional groups attached to an aromatic ring is 1. The smallest absolute Gasteiger partial charge is 0.242 e. The van der Waals surface area contributed by atoms with E-state index in [2.05, 4.69) is 16.6 Å². The number of hydrogen-bond acceptors (Lipinski definition) is 3. The average molecular weight is 279 g/mol. The second-order valence-electron chi connectivity index (χ2n) is 5.09. The van der Waals surface area contributed by atoms with Crippen molar-refractivity contribution in [2.45, 2.75) is 30.7 Å². The summed E-state index contributed by atoms with van der Waals surface area (Å²) in [4.78, 5) is 3.25. The number of aromatic nitrogens is 1. The highest BCUT2D eigenvalue weighted by Crippen LogP contribution is 2.35. The Kier molecular flexibility index (Phi) is 2.79. The van der Waals surface area contributed by atoms with Crippen LogP contribution in [-0.4, -0.2) is 19.4 Å². The number of hydrogen-bond donors (Lipinski definition) is 3. The first kappa shape index (κ1) is 12.5. The molecular formula is C13H17N3O2S.